The SMILES string of the molecule is O=C(CSc1nnc(N2CCOCC2)n1-c1cccc(F)c1)NCCc1nc2ccccc2s1. The van der Waals surface area contributed by atoms with Gasteiger partial charge in [-0.05, 0) is 30.3 Å². The molecule has 1 saturated heterocycles. The number of hydrogen-bond acceptors (Lipinski definition) is 8. The molecule has 176 valence electrons. The zero-order chi connectivity index (χ0) is 23.3. The highest BCUT2D eigenvalue weighted by atomic mass is 32.2. The average molecular weight is 499 g/mol. The fourth-order valence-electron chi connectivity index (χ4n) is 3.68. The Kier molecular flexibility index (Phi) is 7.02. The van der Waals surface area contributed by atoms with Crippen molar-refractivity contribution in [2.24, 2.45) is 0 Å². The molecule has 1 fully saturated rings. The highest BCUT2D eigenvalue weighted by Crippen LogP contribution is 2.27. The molecule has 2 aromatic heterocycles. The van der Waals surface area contributed by atoms with Gasteiger partial charge in [-0.2, -0.15) is 0 Å². The fraction of sp³-hybridized carbons (Fsp3) is 0.304. The number of nitrogens with zero attached hydrogens (tertiary/aromatic N) is 5. The standard InChI is InChI=1S/C23H23FN6O2S2/c24-16-4-3-5-17(14-16)30-22(29-10-12-32-13-11-29)27-28-23(30)33-15-20(31)25-9-8-21-26-18-6-1-2-7-19(18)34-21/h1-7,14H,8-13,15H2,(H,25,31). The second-order valence-corrected chi connectivity index (χ2v) is 9.72. The highest BCUT2D eigenvalue weighted by Gasteiger charge is 2.22. The van der Waals surface area contributed by atoms with Crippen LogP contribution < -0.4 is 10.2 Å². The lowest BCUT2D eigenvalue weighted by Gasteiger charge is -2.27. The van der Waals surface area contributed by atoms with Crippen molar-refractivity contribution in [3.8, 4) is 5.69 Å². The van der Waals surface area contributed by atoms with Gasteiger partial charge in [0, 0.05) is 26.1 Å². The number of aromatic nitrogens is 4. The monoisotopic (exact) mass is 498 g/mol. The number of rotatable bonds is 8. The summed E-state index contributed by atoms with van der Waals surface area (Å²) in [5.74, 6) is 0.347. The van der Waals surface area contributed by atoms with E-state index in [9.17, 15) is 9.18 Å². The minimum Gasteiger partial charge on any atom is -0.378 e. The van der Waals surface area contributed by atoms with Crippen LogP contribution >= 0.6 is 23.1 Å². The smallest absolute Gasteiger partial charge is 0.232 e. The second-order valence-electron chi connectivity index (χ2n) is 7.66. The van der Waals surface area contributed by atoms with Crippen LogP contribution in [0.5, 0.6) is 0 Å². The normalized spacial score (nSPS) is 14.0. The first-order chi connectivity index (χ1) is 16.7. The Morgan fingerprint density at radius 2 is 2.00 bits per heavy atom. The maximum atomic E-state index is 14.0. The number of benzene rings is 2. The van der Waals surface area contributed by atoms with Gasteiger partial charge >= 0.3 is 0 Å². The van der Waals surface area contributed by atoms with Crippen LogP contribution in [0.4, 0.5) is 10.3 Å². The predicted octanol–water partition coefficient (Wildman–Crippen LogP) is 3.30. The number of thioether (sulfide) groups is 1. The molecule has 0 aliphatic carbocycles. The highest BCUT2D eigenvalue weighted by molar-refractivity contribution is 7.99. The van der Waals surface area contributed by atoms with Crippen molar-refractivity contribution in [3.63, 3.8) is 0 Å². The van der Waals surface area contributed by atoms with Crippen LogP contribution in [0.1, 0.15) is 5.01 Å². The molecule has 4 aromatic rings. The maximum absolute atomic E-state index is 14.0. The van der Waals surface area contributed by atoms with E-state index in [-0.39, 0.29) is 17.5 Å². The molecule has 0 saturated carbocycles. The minimum absolute atomic E-state index is 0.104. The number of carbonyl (C=O) groups excluding carboxylic acids is 1. The number of hydrogen-bond donors (Lipinski definition) is 1. The van der Waals surface area contributed by atoms with Crippen LogP contribution in [0.2, 0.25) is 0 Å². The Bertz CT molecular complexity index is 1250. The third kappa shape index (κ3) is 5.21. The van der Waals surface area contributed by atoms with E-state index in [1.54, 1.807) is 28.0 Å². The number of thiazole rings is 1. The summed E-state index contributed by atoms with van der Waals surface area (Å²) >= 11 is 2.92. The summed E-state index contributed by atoms with van der Waals surface area (Å²) in [6.07, 6.45) is 0.677. The van der Waals surface area contributed by atoms with Gasteiger partial charge in [-0.15, -0.1) is 21.5 Å². The van der Waals surface area contributed by atoms with Crippen molar-refractivity contribution in [3.05, 3.63) is 59.4 Å². The summed E-state index contributed by atoms with van der Waals surface area (Å²) < 4.78 is 22.3. The number of halogens is 1. The summed E-state index contributed by atoms with van der Waals surface area (Å²) in [5, 5.41) is 13.1. The summed E-state index contributed by atoms with van der Waals surface area (Å²) in [7, 11) is 0. The number of fused-ring (bicyclic) bond motifs is 1. The fourth-order valence-corrected chi connectivity index (χ4v) is 5.43. The van der Waals surface area contributed by atoms with E-state index in [4.69, 9.17) is 4.74 Å². The number of carbonyl (C=O) groups is 1. The van der Waals surface area contributed by atoms with E-state index >= 15 is 0 Å². The number of anilines is 1. The molecule has 34 heavy (non-hydrogen) atoms. The van der Waals surface area contributed by atoms with Gasteiger partial charge in [0.2, 0.25) is 11.9 Å². The summed E-state index contributed by atoms with van der Waals surface area (Å²) in [6.45, 7) is 3.04. The molecule has 0 bridgehead atoms. The number of ether oxygens (including phenoxy) is 1. The van der Waals surface area contributed by atoms with Crippen molar-refractivity contribution >= 4 is 45.2 Å². The number of para-hydroxylation sites is 1. The third-order valence-corrected chi connectivity index (χ3v) is 7.33. The van der Waals surface area contributed by atoms with E-state index in [0.29, 0.717) is 56.1 Å². The van der Waals surface area contributed by atoms with Crippen LogP contribution in [0, 0.1) is 5.82 Å². The van der Waals surface area contributed by atoms with Gasteiger partial charge in [0.15, 0.2) is 5.16 Å². The Morgan fingerprint density at radius 3 is 2.82 bits per heavy atom. The van der Waals surface area contributed by atoms with E-state index in [1.807, 2.05) is 24.3 Å². The molecule has 0 radical (unpaired) electrons. The van der Waals surface area contributed by atoms with Gasteiger partial charge in [-0.3, -0.25) is 9.36 Å². The quantitative estimate of drug-likeness (QED) is 0.373. The van der Waals surface area contributed by atoms with E-state index in [1.165, 1.54) is 23.9 Å². The molecular formula is C23H23FN6O2S2. The molecule has 1 amide bonds. The van der Waals surface area contributed by atoms with Gasteiger partial charge in [0.05, 0.1) is 39.9 Å². The Hall–Kier alpha value is -3.02. The zero-order valence-electron chi connectivity index (χ0n) is 18.3. The van der Waals surface area contributed by atoms with Crippen molar-refractivity contribution < 1.29 is 13.9 Å². The zero-order valence-corrected chi connectivity index (χ0v) is 19.9. The second kappa shape index (κ2) is 10.5. The van der Waals surface area contributed by atoms with Crippen LogP contribution in [0.15, 0.2) is 53.7 Å². The Balaban J connectivity index is 1.23. The van der Waals surface area contributed by atoms with E-state index < -0.39 is 0 Å². The van der Waals surface area contributed by atoms with Gasteiger partial charge in [0.25, 0.3) is 0 Å². The van der Waals surface area contributed by atoms with Gasteiger partial charge in [-0.1, -0.05) is 30.0 Å². The molecule has 1 N–H and O–H groups in total. The molecule has 3 heterocycles. The molecule has 0 spiro atoms. The lowest BCUT2D eigenvalue weighted by Crippen LogP contribution is -2.37. The Morgan fingerprint density at radius 1 is 1.15 bits per heavy atom. The third-order valence-electron chi connectivity index (χ3n) is 5.31. The predicted molar refractivity (Wildman–Crippen MR) is 131 cm³/mol. The van der Waals surface area contributed by atoms with Gasteiger partial charge < -0.3 is 15.0 Å². The Labute approximate surface area is 204 Å². The number of morpholine rings is 1. The molecule has 0 unspecified atom stereocenters. The van der Waals surface area contributed by atoms with Crippen molar-refractivity contribution in [1.29, 1.82) is 0 Å². The van der Waals surface area contributed by atoms with Gasteiger partial charge in [0.1, 0.15) is 5.82 Å². The summed E-state index contributed by atoms with van der Waals surface area (Å²) in [4.78, 5) is 19.2. The minimum atomic E-state index is -0.345. The average Bonchev–Trinajstić information content (AvgIpc) is 3.47. The maximum Gasteiger partial charge on any atom is 0.232 e. The summed E-state index contributed by atoms with van der Waals surface area (Å²) in [5.41, 5.74) is 1.60. The molecule has 2 aromatic carbocycles. The molecule has 8 nitrogen and oxygen atoms in total. The molecule has 11 heteroatoms. The molecule has 5 rings (SSSR count). The first-order valence-electron chi connectivity index (χ1n) is 11.0. The first-order valence-corrected chi connectivity index (χ1v) is 12.8. The van der Waals surface area contributed by atoms with Crippen LogP contribution in [-0.4, -0.2) is 64.3 Å². The van der Waals surface area contributed by atoms with E-state index in [2.05, 4.69) is 25.4 Å². The molecule has 0 atom stereocenters. The number of amides is 1. The van der Waals surface area contributed by atoms with Crippen LogP contribution in [0.3, 0.4) is 0 Å². The summed E-state index contributed by atoms with van der Waals surface area (Å²) in [6, 6.07) is 14.3. The molecule has 1 aliphatic rings. The van der Waals surface area contributed by atoms with Gasteiger partial charge in [-0.25, -0.2) is 9.37 Å². The lowest BCUT2D eigenvalue weighted by atomic mass is 10.3. The van der Waals surface area contributed by atoms with Crippen LogP contribution in [0.25, 0.3) is 15.9 Å². The first kappa shape index (κ1) is 22.8. The van der Waals surface area contributed by atoms with Crippen LogP contribution in [-0.2, 0) is 16.0 Å². The topological polar surface area (TPSA) is 85.2 Å². The largest absolute Gasteiger partial charge is 0.378 e. The van der Waals surface area contributed by atoms with Crippen molar-refractivity contribution in [1.82, 2.24) is 25.1 Å². The molecule has 1 aliphatic heterocycles. The van der Waals surface area contributed by atoms with E-state index in [0.717, 1.165) is 15.2 Å². The number of nitrogens with one attached hydrogen (secondary N) is 1. The molecular weight excluding hydrogens is 475 g/mol. The lowest BCUT2D eigenvalue weighted by molar-refractivity contribution is -0.118. The van der Waals surface area contributed by atoms with Crippen molar-refractivity contribution in [2.75, 3.05) is 43.5 Å². The van der Waals surface area contributed by atoms with Crippen molar-refractivity contribution in [2.45, 2.75) is 11.6 Å².